The molecule has 84 valence electrons. The quantitative estimate of drug-likeness (QED) is 0.827. The molecule has 1 N–H and O–H groups in total. The fourth-order valence-corrected chi connectivity index (χ4v) is 2.27. The van der Waals surface area contributed by atoms with Crippen LogP contribution in [0.5, 0.6) is 0 Å². The van der Waals surface area contributed by atoms with Gasteiger partial charge in [-0.2, -0.15) is 0 Å². The van der Waals surface area contributed by atoms with E-state index in [4.69, 9.17) is 4.42 Å². The van der Waals surface area contributed by atoms with Crippen LogP contribution in [-0.2, 0) is 6.54 Å². The molecule has 1 aliphatic heterocycles. The van der Waals surface area contributed by atoms with Gasteiger partial charge in [-0.1, -0.05) is 12.8 Å². The summed E-state index contributed by atoms with van der Waals surface area (Å²) in [5.41, 5.74) is 1.20. The Bertz CT molecular complexity index is 271. The summed E-state index contributed by atoms with van der Waals surface area (Å²) in [7, 11) is 0. The Morgan fingerprint density at radius 1 is 1.40 bits per heavy atom. The summed E-state index contributed by atoms with van der Waals surface area (Å²) in [6.45, 7) is 2.27. The molecule has 0 saturated carbocycles. The molecule has 1 fully saturated rings. The van der Waals surface area contributed by atoms with Crippen molar-refractivity contribution in [3.63, 3.8) is 0 Å². The second-order valence-corrected chi connectivity index (χ2v) is 4.29. The average molecular weight is 209 g/mol. The van der Waals surface area contributed by atoms with Crippen LogP contribution >= 0.6 is 0 Å². The van der Waals surface area contributed by atoms with E-state index in [9.17, 15) is 5.11 Å². The lowest BCUT2D eigenvalue weighted by Crippen LogP contribution is -2.36. The zero-order valence-corrected chi connectivity index (χ0v) is 9.06. The van der Waals surface area contributed by atoms with Gasteiger partial charge in [0.15, 0.2) is 0 Å². The molecule has 2 heterocycles. The fourth-order valence-electron chi connectivity index (χ4n) is 2.27. The standard InChI is InChI=1S/C12H19NO2/c14-9-12-4-2-1-3-6-13(12)8-11-5-7-15-10-11/h5,7,10,12,14H,1-4,6,8-9H2. The molecule has 0 spiro atoms. The minimum absolute atomic E-state index is 0.276. The highest BCUT2D eigenvalue weighted by Crippen LogP contribution is 2.19. The third-order valence-electron chi connectivity index (χ3n) is 3.18. The third-order valence-corrected chi connectivity index (χ3v) is 3.18. The zero-order valence-electron chi connectivity index (χ0n) is 9.06. The molecule has 0 radical (unpaired) electrons. The van der Waals surface area contributed by atoms with Crippen LogP contribution in [0.3, 0.4) is 0 Å². The van der Waals surface area contributed by atoms with Gasteiger partial charge in [-0.3, -0.25) is 4.90 Å². The molecule has 0 amide bonds. The molecule has 1 aromatic heterocycles. The maximum absolute atomic E-state index is 9.35. The number of furan rings is 1. The summed E-state index contributed by atoms with van der Waals surface area (Å²) >= 11 is 0. The number of aliphatic hydroxyl groups excluding tert-OH is 1. The van der Waals surface area contributed by atoms with Crippen LogP contribution in [0.2, 0.25) is 0 Å². The number of hydrogen-bond acceptors (Lipinski definition) is 3. The van der Waals surface area contributed by atoms with E-state index >= 15 is 0 Å². The van der Waals surface area contributed by atoms with Gasteiger partial charge in [0, 0.05) is 18.2 Å². The van der Waals surface area contributed by atoms with E-state index in [1.807, 2.05) is 6.07 Å². The maximum Gasteiger partial charge on any atom is 0.0947 e. The van der Waals surface area contributed by atoms with Crippen molar-refractivity contribution in [1.82, 2.24) is 4.90 Å². The van der Waals surface area contributed by atoms with Gasteiger partial charge < -0.3 is 9.52 Å². The lowest BCUT2D eigenvalue weighted by Gasteiger charge is -2.27. The lowest BCUT2D eigenvalue weighted by molar-refractivity contribution is 0.118. The molecule has 2 rings (SSSR count). The zero-order chi connectivity index (χ0) is 10.5. The van der Waals surface area contributed by atoms with Crippen molar-refractivity contribution >= 4 is 0 Å². The van der Waals surface area contributed by atoms with E-state index in [-0.39, 0.29) is 6.61 Å². The largest absolute Gasteiger partial charge is 0.472 e. The van der Waals surface area contributed by atoms with Gasteiger partial charge in [-0.05, 0) is 25.5 Å². The van der Waals surface area contributed by atoms with Gasteiger partial charge in [-0.25, -0.2) is 0 Å². The highest BCUT2D eigenvalue weighted by atomic mass is 16.3. The summed E-state index contributed by atoms with van der Waals surface area (Å²) in [6.07, 6.45) is 8.40. The predicted molar refractivity (Wildman–Crippen MR) is 58.5 cm³/mol. The molecule has 1 saturated heterocycles. The van der Waals surface area contributed by atoms with E-state index in [1.54, 1.807) is 12.5 Å². The van der Waals surface area contributed by atoms with Crippen LogP contribution < -0.4 is 0 Å². The lowest BCUT2D eigenvalue weighted by atomic mass is 10.1. The Hall–Kier alpha value is -0.800. The van der Waals surface area contributed by atoms with Crippen LogP contribution in [-0.4, -0.2) is 29.2 Å². The number of hydrogen-bond donors (Lipinski definition) is 1. The molecule has 1 atom stereocenters. The number of rotatable bonds is 3. The first kappa shape index (κ1) is 10.7. The summed E-state index contributed by atoms with van der Waals surface area (Å²) in [4.78, 5) is 2.37. The second-order valence-electron chi connectivity index (χ2n) is 4.29. The van der Waals surface area contributed by atoms with Gasteiger partial charge in [0.25, 0.3) is 0 Å². The third kappa shape index (κ3) is 2.83. The van der Waals surface area contributed by atoms with Gasteiger partial charge >= 0.3 is 0 Å². The SMILES string of the molecule is OCC1CCCCCN1Cc1ccoc1. The van der Waals surface area contributed by atoms with Crippen molar-refractivity contribution in [3.8, 4) is 0 Å². The van der Waals surface area contributed by atoms with Crippen molar-refractivity contribution < 1.29 is 9.52 Å². The number of aliphatic hydroxyl groups is 1. The Balaban J connectivity index is 1.97. The van der Waals surface area contributed by atoms with Gasteiger partial charge in [0.05, 0.1) is 19.1 Å². The van der Waals surface area contributed by atoms with E-state index in [1.165, 1.54) is 24.8 Å². The summed E-state index contributed by atoms with van der Waals surface area (Å²) < 4.78 is 5.07. The highest BCUT2D eigenvalue weighted by Gasteiger charge is 2.20. The van der Waals surface area contributed by atoms with E-state index in [0.29, 0.717) is 6.04 Å². The molecule has 0 aliphatic carbocycles. The molecule has 1 unspecified atom stereocenters. The summed E-state index contributed by atoms with van der Waals surface area (Å²) in [6, 6.07) is 2.33. The Kier molecular flexibility index (Phi) is 3.80. The van der Waals surface area contributed by atoms with Crippen molar-refractivity contribution in [2.45, 2.75) is 38.3 Å². The monoisotopic (exact) mass is 209 g/mol. The molecule has 0 bridgehead atoms. The van der Waals surface area contributed by atoms with E-state index < -0.39 is 0 Å². The Morgan fingerprint density at radius 3 is 3.07 bits per heavy atom. The van der Waals surface area contributed by atoms with Crippen LogP contribution in [0, 0.1) is 0 Å². The summed E-state index contributed by atoms with van der Waals surface area (Å²) in [5.74, 6) is 0. The average Bonchev–Trinajstić information content (AvgIpc) is 2.64. The maximum atomic E-state index is 9.35. The molecular formula is C12H19NO2. The molecule has 15 heavy (non-hydrogen) atoms. The minimum atomic E-state index is 0.276. The highest BCUT2D eigenvalue weighted by molar-refractivity contribution is 5.05. The van der Waals surface area contributed by atoms with Crippen LogP contribution in [0.1, 0.15) is 31.2 Å². The van der Waals surface area contributed by atoms with Gasteiger partial charge in [0.1, 0.15) is 0 Å². The predicted octanol–water partition coefficient (Wildman–Crippen LogP) is 2.02. The van der Waals surface area contributed by atoms with Gasteiger partial charge in [0.2, 0.25) is 0 Å². The molecule has 1 aliphatic rings. The van der Waals surface area contributed by atoms with Crippen LogP contribution in [0.25, 0.3) is 0 Å². The van der Waals surface area contributed by atoms with Crippen LogP contribution in [0.15, 0.2) is 23.0 Å². The molecule has 3 heteroatoms. The minimum Gasteiger partial charge on any atom is -0.472 e. The van der Waals surface area contributed by atoms with Crippen molar-refractivity contribution in [2.75, 3.05) is 13.2 Å². The van der Waals surface area contributed by atoms with Crippen molar-refractivity contribution in [2.24, 2.45) is 0 Å². The summed E-state index contributed by atoms with van der Waals surface area (Å²) in [5, 5.41) is 9.35. The first-order chi connectivity index (χ1) is 7.40. The smallest absolute Gasteiger partial charge is 0.0947 e. The molecular weight excluding hydrogens is 190 g/mol. The first-order valence-corrected chi connectivity index (χ1v) is 5.76. The second kappa shape index (κ2) is 5.33. The Morgan fingerprint density at radius 2 is 2.33 bits per heavy atom. The fraction of sp³-hybridized carbons (Fsp3) is 0.667. The van der Waals surface area contributed by atoms with E-state index in [0.717, 1.165) is 19.5 Å². The van der Waals surface area contributed by atoms with Gasteiger partial charge in [-0.15, -0.1) is 0 Å². The molecule has 0 aromatic carbocycles. The Labute approximate surface area is 90.7 Å². The molecule has 1 aromatic rings. The normalized spacial score (nSPS) is 23.9. The molecule has 3 nitrogen and oxygen atoms in total. The van der Waals surface area contributed by atoms with E-state index in [2.05, 4.69) is 4.90 Å². The number of nitrogens with zero attached hydrogens (tertiary/aromatic N) is 1. The first-order valence-electron chi connectivity index (χ1n) is 5.76. The van der Waals surface area contributed by atoms with Crippen molar-refractivity contribution in [3.05, 3.63) is 24.2 Å². The van der Waals surface area contributed by atoms with Crippen LogP contribution in [0.4, 0.5) is 0 Å². The number of likely N-dealkylation sites (tertiary alicyclic amines) is 1. The topological polar surface area (TPSA) is 36.6 Å². The van der Waals surface area contributed by atoms with Crippen molar-refractivity contribution in [1.29, 1.82) is 0 Å².